The third-order valence-electron chi connectivity index (χ3n) is 3.86. The average Bonchev–Trinajstić information content (AvgIpc) is 2.47. The maximum Gasteiger partial charge on any atom is 0.461 e. The SMILES string of the molecule is CON(C)C(=O)CC(C)B1OC(C)(C)C(C)(C)O1. The zero-order chi connectivity index (χ0) is 14.1. The van der Waals surface area contributed by atoms with Crippen molar-refractivity contribution in [3.8, 4) is 0 Å². The molecule has 6 heteroatoms. The van der Waals surface area contributed by atoms with E-state index in [1.165, 1.54) is 12.2 Å². The Labute approximate surface area is 110 Å². The molecule has 1 rings (SSSR count). The Morgan fingerprint density at radius 2 is 1.72 bits per heavy atom. The molecule has 1 aliphatic rings. The summed E-state index contributed by atoms with van der Waals surface area (Å²) in [7, 11) is 2.71. The summed E-state index contributed by atoms with van der Waals surface area (Å²) in [5, 5.41) is 1.22. The first-order chi connectivity index (χ1) is 8.10. The maximum atomic E-state index is 11.8. The van der Waals surface area contributed by atoms with Gasteiger partial charge in [-0.3, -0.25) is 9.63 Å². The van der Waals surface area contributed by atoms with Gasteiger partial charge in [-0.05, 0) is 33.5 Å². The molecule has 1 heterocycles. The van der Waals surface area contributed by atoms with E-state index in [1.54, 1.807) is 7.05 Å². The molecule has 18 heavy (non-hydrogen) atoms. The minimum Gasteiger partial charge on any atom is -0.403 e. The Bertz CT molecular complexity index is 303. The third kappa shape index (κ3) is 3.05. The lowest BCUT2D eigenvalue weighted by Gasteiger charge is -2.32. The summed E-state index contributed by atoms with van der Waals surface area (Å²) < 4.78 is 11.8. The van der Waals surface area contributed by atoms with Gasteiger partial charge in [0.05, 0.1) is 18.3 Å². The third-order valence-corrected chi connectivity index (χ3v) is 3.86. The average molecular weight is 257 g/mol. The molecule has 0 aliphatic carbocycles. The molecule has 0 saturated carbocycles. The Balaban J connectivity index is 2.60. The van der Waals surface area contributed by atoms with Crippen molar-refractivity contribution in [2.24, 2.45) is 0 Å². The van der Waals surface area contributed by atoms with Gasteiger partial charge in [-0.1, -0.05) is 6.92 Å². The van der Waals surface area contributed by atoms with Crippen molar-refractivity contribution in [3.63, 3.8) is 0 Å². The highest BCUT2D eigenvalue weighted by molar-refractivity contribution is 6.47. The van der Waals surface area contributed by atoms with Gasteiger partial charge in [-0.15, -0.1) is 0 Å². The Hall–Kier alpha value is -0.585. The Kier molecular flexibility index (Phi) is 4.46. The molecular weight excluding hydrogens is 233 g/mol. The van der Waals surface area contributed by atoms with Crippen LogP contribution in [0.3, 0.4) is 0 Å². The van der Waals surface area contributed by atoms with E-state index < -0.39 is 0 Å². The van der Waals surface area contributed by atoms with Gasteiger partial charge in [-0.2, -0.15) is 0 Å². The lowest BCUT2D eigenvalue weighted by molar-refractivity contribution is -0.168. The fourth-order valence-corrected chi connectivity index (χ4v) is 1.72. The molecule has 1 amide bonds. The number of carbonyl (C=O) groups is 1. The standard InChI is InChI=1S/C12H24BNO4/c1-9(8-10(15)14(6)16-7)13-17-11(2,3)12(4,5)18-13/h9H,8H2,1-7H3. The number of rotatable bonds is 4. The Morgan fingerprint density at radius 1 is 1.28 bits per heavy atom. The summed E-state index contributed by atoms with van der Waals surface area (Å²) in [5.41, 5.74) is -0.718. The van der Waals surface area contributed by atoms with Gasteiger partial charge >= 0.3 is 7.12 Å². The fraction of sp³-hybridized carbons (Fsp3) is 0.917. The van der Waals surface area contributed by atoms with Gasteiger partial charge in [0.15, 0.2) is 0 Å². The zero-order valence-corrected chi connectivity index (χ0v) is 12.4. The van der Waals surface area contributed by atoms with Gasteiger partial charge in [-0.25, -0.2) is 5.06 Å². The van der Waals surface area contributed by atoms with Crippen LogP contribution >= 0.6 is 0 Å². The number of nitrogens with zero attached hydrogens (tertiary/aromatic N) is 1. The van der Waals surface area contributed by atoms with Crippen molar-refractivity contribution in [2.45, 2.75) is 58.1 Å². The summed E-state index contributed by atoms with van der Waals surface area (Å²) in [4.78, 5) is 16.6. The highest BCUT2D eigenvalue weighted by Crippen LogP contribution is 2.40. The first kappa shape index (κ1) is 15.5. The van der Waals surface area contributed by atoms with Crippen LogP contribution in [0.2, 0.25) is 5.82 Å². The minimum absolute atomic E-state index is 0.0175. The molecule has 1 atom stereocenters. The van der Waals surface area contributed by atoms with Crippen LogP contribution in [0.25, 0.3) is 0 Å². The first-order valence-electron chi connectivity index (χ1n) is 6.27. The van der Waals surface area contributed by atoms with E-state index in [0.29, 0.717) is 6.42 Å². The molecule has 1 aliphatic heterocycles. The normalized spacial score (nSPS) is 22.9. The predicted molar refractivity (Wildman–Crippen MR) is 69.9 cm³/mol. The molecule has 104 valence electrons. The predicted octanol–water partition coefficient (Wildman–Crippen LogP) is 1.88. The fourth-order valence-electron chi connectivity index (χ4n) is 1.72. The van der Waals surface area contributed by atoms with Crippen LogP contribution in [0, 0.1) is 0 Å². The number of hydrogen-bond acceptors (Lipinski definition) is 4. The second kappa shape index (κ2) is 5.19. The smallest absolute Gasteiger partial charge is 0.403 e. The molecule has 0 aromatic carbocycles. The van der Waals surface area contributed by atoms with Crippen LogP contribution in [0.4, 0.5) is 0 Å². The van der Waals surface area contributed by atoms with E-state index in [-0.39, 0.29) is 30.0 Å². The van der Waals surface area contributed by atoms with Crippen LogP contribution in [-0.2, 0) is 18.9 Å². The summed E-state index contributed by atoms with van der Waals surface area (Å²) in [6, 6.07) is 0. The highest BCUT2D eigenvalue weighted by atomic mass is 16.7. The molecule has 0 aromatic heterocycles. The van der Waals surface area contributed by atoms with Crippen molar-refractivity contribution >= 4 is 13.0 Å². The maximum absolute atomic E-state index is 11.8. The van der Waals surface area contributed by atoms with E-state index in [9.17, 15) is 4.79 Å². The number of carbonyl (C=O) groups excluding carboxylic acids is 1. The monoisotopic (exact) mass is 257 g/mol. The summed E-state index contributed by atoms with van der Waals surface area (Å²) in [5.74, 6) is -0.101. The van der Waals surface area contributed by atoms with Crippen molar-refractivity contribution in [1.82, 2.24) is 5.06 Å². The quantitative estimate of drug-likeness (QED) is 0.570. The molecular formula is C12H24BNO4. The summed E-state index contributed by atoms with van der Waals surface area (Å²) in [6.45, 7) is 9.96. The first-order valence-corrected chi connectivity index (χ1v) is 6.27. The Morgan fingerprint density at radius 3 is 2.11 bits per heavy atom. The van der Waals surface area contributed by atoms with E-state index >= 15 is 0 Å². The number of hydrogen-bond donors (Lipinski definition) is 0. The zero-order valence-electron chi connectivity index (χ0n) is 12.4. The van der Waals surface area contributed by atoms with Crippen LogP contribution in [0.1, 0.15) is 41.0 Å². The highest BCUT2D eigenvalue weighted by Gasteiger charge is 2.52. The van der Waals surface area contributed by atoms with E-state index in [4.69, 9.17) is 14.1 Å². The van der Waals surface area contributed by atoms with Gasteiger partial charge in [0.1, 0.15) is 0 Å². The van der Waals surface area contributed by atoms with Gasteiger partial charge in [0, 0.05) is 13.5 Å². The lowest BCUT2D eigenvalue weighted by Crippen LogP contribution is -2.41. The van der Waals surface area contributed by atoms with E-state index in [0.717, 1.165) is 0 Å². The van der Waals surface area contributed by atoms with Crippen molar-refractivity contribution in [2.75, 3.05) is 14.2 Å². The summed E-state index contributed by atoms with van der Waals surface area (Å²) >= 11 is 0. The number of hydroxylamine groups is 2. The van der Waals surface area contributed by atoms with Crippen LogP contribution < -0.4 is 0 Å². The van der Waals surface area contributed by atoms with Crippen molar-refractivity contribution in [3.05, 3.63) is 0 Å². The molecule has 1 saturated heterocycles. The number of amides is 1. The lowest BCUT2D eigenvalue weighted by atomic mass is 9.71. The molecule has 1 fully saturated rings. The molecule has 0 spiro atoms. The van der Waals surface area contributed by atoms with Gasteiger partial charge < -0.3 is 9.31 Å². The van der Waals surface area contributed by atoms with Crippen molar-refractivity contribution < 1.29 is 18.9 Å². The molecule has 0 aromatic rings. The largest absolute Gasteiger partial charge is 0.461 e. The van der Waals surface area contributed by atoms with E-state index in [1.807, 2.05) is 34.6 Å². The second-order valence-corrected chi connectivity index (χ2v) is 5.88. The molecule has 0 N–H and O–H groups in total. The second-order valence-electron chi connectivity index (χ2n) is 5.88. The summed E-state index contributed by atoms with van der Waals surface area (Å²) in [6.07, 6.45) is 0.334. The van der Waals surface area contributed by atoms with Crippen LogP contribution in [-0.4, -0.2) is 43.4 Å². The molecule has 1 unspecified atom stereocenters. The topological polar surface area (TPSA) is 48.0 Å². The van der Waals surface area contributed by atoms with Crippen LogP contribution in [0.5, 0.6) is 0 Å². The van der Waals surface area contributed by atoms with Gasteiger partial charge in [0.2, 0.25) is 5.91 Å². The van der Waals surface area contributed by atoms with Gasteiger partial charge in [0.25, 0.3) is 0 Å². The molecule has 0 radical (unpaired) electrons. The minimum atomic E-state index is -0.359. The molecule has 0 bridgehead atoms. The molecule has 5 nitrogen and oxygen atoms in total. The van der Waals surface area contributed by atoms with E-state index in [2.05, 4.69) is 0 Å². The van der Waals surface area contributed by atoms with Crippen LogP contribution in [0.15, 0.2) is 0 Å². The van der Waals surface area contributed by atoms with Crippen molar-refractivity contribution in [1.29, 1.82) is 0 Å².